The topological polar surface area (TPSA) is 91.2 Å². The molecular weight excluding hydrogens is 242 g/mol. The van der Waals surface area contributed by atoms with Gasteiger partial charge < -0.3 is 16.2 Å². The number of aromatic nitrogens is 1. The molecule has 19 heavy (non-hydrogen) atoms. The molecule has 0 saturated heterocycles. The van der Waals surface area contributed by atoms with E-state index in [1.165, 1.54) is 11.6 Å². The molecule has 0 aliphatic rings. The second-order valence-electron chi connectivity index (χ2n) is 4.30. The van der Waals surface area contributed by atoms with Gasteiger partial charge in [0.05, 0.1) is 5.69 Å². The number of carbonyl (C=O) groups is 1. The van der Waals surface area contributed by atoms with Crippen molar-refractivity contribution in [2.75, 3.05) is 5.73 Å². The van der Waals surface area contributed by atoms with Crippen molar-refractivity contribution in [3.63, 3.8) is 0 Å². The third-order valence-corrected chi connectivity index (χ3v) is 2.84. The zero-order valence-electron chi connectivity index (χ0n) is 10.8. The molecule has 0 saturated carbocycles. The highest BCUT2D eigenvalue weighted by atomic mass is 16.5. The van der Waals surface area contributed by atoms with Crippen molar-refractivity contribution >= 4 is 11.6 Å². The highest BCUT2D eigenvalue weighted by molar-refractivity contribution is 5.91. The molecule has 0 bridgehead atoms. The summed E-state index contributed by atoms with van der Waals surface area (Å²) >= 11 is 0. The summed E-state index contributed by atoms with van der Waals surface area (Å²) < 4.78 is 5.59. The lowest BCUT2D eigenvalue weighted by molar-refractivity contribution is 0.0995. The Morgan fingerprint density at radius 1 is 1.16 bits per heavy atom. The van der Waals surface area contributed by atoms with Crippen LogP contribution in [0.25, 0.3) is 0 Å². The molecule has 1 aromatic heterocycles. The number of aryl methyl sites for hydroxylation is 2. The van der Waals surface area contributed by atoms with Crippen molar-refractivity contribution in [1.29, 1.82) is 0 Å². The van der Waals surface area contributed by atoms with Gasteiger partial charge in [-0.25, -0.2) is 4.98 Å². The standard InChI is InChI=1S/C14H15N3O2/c1-8-3-4-10(7-9(8)2)19-14-11(15)5-6-12(17-14)13(16)18/h3-7H,15H2,1-2H3,(H2,16,18). The summed E-state index contributed by atoms with van der Waals surface area (Å²) in [6.07, 6.45) is 0. The fraction of sp³-hybridized carbons (Fsp3) is 0.143. The summed E-state index contributed by atoms with van der Waals surface area (Å²) in [7, 11) is 0. The Morgan fingerprint density at radius 2 is 1.89 bits per heavy atom. The SMILES string of the molecule is Cc1ccc(Oc2nc(C(N)=O)ccc2N)cc1C. The number of primary amides is 1. The molecule has 1 aromatic carbocycles. The number of ether oxygens (including phenoxy) is 1. The maximum atomic E-state index is 11.1. The maximum absolute atomic E-state index is 11.1. The van der Waals surface area contributed by atoms with Gasteiger partial charge in [0, 0.05) is 0 Å². The van der Waals surface area contributed by atoms with Crippen molar-refractivity contribution in [3.05, 3.63) is 47.2 Å². The van der Waals surface area contributed by atoms with E-state index in [1.807, 2.05) is 32.0 Å². The molecular formula is C14H15N3O2. The van der Waals surface area contributed by atoms with Crippen LogP contribution in [0, 0.1) is 13.8 Å². The molecule has 2 aromatic rings. The van der Waals surface area contributed by atoms with Crippen LogP contribution >= 0.6 is 0 Å². The van der Waals surface area contributed by atoms with Crippen molar-refractivity contribution in [3.8, 4) is 11.6 Å². The van der Waals surface area contributed by atoms with E-state index in [2.05, 4.69) is 4.98 Å². The van der Waals surface area contributed by atoms with Gasteiger partial charge in [0.25, 0.3) is 5.91 Å². The first-order valence-electron chi connectivity index (χ1n) is 5.79. The monoisotopic (exact) mass is 257 g/mol. The minimum absolute atomic E-state index is 0.119. The van der Waals surface area contributed by atoms with Crippen molar-refractivity contribution in [1.82, 2.24) is 4.98 Å². The summed E-state index contributed by atoms with van der Waals surface area (Å²) in [5.41, 5.74) is 13.7. The van der Waals surface area contributed by atoms with Crippen LogP contribution in [0.5, 0.6) is 11.6 Å². The highest BCUT2D eigenvalue weighted by Crippen LogP contribution is 2.26. The smallest absolute Gasteiger partial charge is 0.267 e. The average Bonchev–Trinajstić information content (AvgIpc) is 2.36. The van der Waals surface area contributed by atoms with Crippen molar-refractivity contribution in [2.24, 2.45) is 5.73 Å². The van der Waals surface area contributed by atoms with Gasteiger partial charge in [0.1, 0.15) is 11.4 Å². The molecule has 0 aliphatic carbocycles. The third kappa shape index (κ3) is 2.82. The van der Waals surface area contributed by atoms with E-state index in [9.17, 15) is 4.79 Å². The van der Waals surface area contributed by atoms with E-state index in [-0.39, 0.29) is 11.6 Å². The Labute approximate surface area is 111 Å². The van der Waals surface area contributed by atoms with Gasteiger partial charge in [-0.2, -0.15) is 0 Å². The maximum Gasteiger partial charge on any atom is 0.267 e. The average molecular weight is 257 g/mol. The Morgan fingerprint density at radius 3 is 2.53 bits per heavy atom. The van der Waals surface area contributed by atoms with Crippen LogP contribution in [0.3, 0.4) is 0 Å². The largest absolute Gasteiger partial charge is 0.437 e. The second-order valence-corrected chi connectivity index (χ2v) is 4.30. The lowest BCUT2D eigenvalue weighted by Crippen LogP contribution is -2.13. The van der Waals surface area contributed by atoms with E-state index < -0.39 is 5.91 Å². The fourth-order valence-electron chi connectivity index (χ4n) is 1.56. The number of hydrogen-bond acceptors (Lipinski definition) is 4. The van der Waals surface area contributed by atoms with E-state index in [0.29, 0.717) is 11.4 Å². The molecule has 98 valence electrons. The van der Waals surface area contributed by atoms with Crippen LogP contribution in [0.2, 0.25) is 0 Å². The molecule has 0 spiro atoms. The first-order chi connectivity index (χ1) is 8.97. The predicted octanol–water partition coefficient (Wildman–Crippen LogP) is 2.17. The number of pyridine rings is 1. The van der Waals surface area contributed by atoms with Crippen LogP contribution in [-0.2, 0) is 0 Å². The number of nitrogens with two attached hydrogens (primary N) is 2. The zero-order valence-corrected chi connectivity index (χ0v) is 10.8. The quantitative estimate of drug-likeness (QED) is 0.881. The molecule has 4 N–H and O–H groups in total. The number of amides is 1. The third-order valence-electron chi connectivity index (χ3n) is 2.84. The molecule has 5 nitrogen and oxygen atoms in total. The zero-order chi connectivity index (χ0) is 14.0. The molecule has 1 heterocycles. The Bertz CT molecular complexity index is 639. The van der Waals surface area contributed by atoms with E-state index in [0.717, 1.165) is 5.56 Å². The van der Waals surface area contributed by atoms with Crippen LogP contribution in [0.4, 0.5) is 5.69 Å². The number of carbonyl (C=O) groups excluding carboxylic acids is 1. The molecule has 0 atom stereocenters. The van der Waals surface area contributed by atoms with Gasteiger partial charge in [-0.15, -0.1) is 0 Å². The summed E-state index contributed by atoms with van der Waals surface area (Å²) in [5.74, 6) is 0.174. The van der Waals surface area contributed by atoms with Crippen LogP contribution in [0.1, 0.15) is 21.6 Å². The second kappa shape index (κ2) is 4.97. The summed E-state index contributed by atoms with van der Waals surface area (Å²) in [6.45, 7) is 4.00. The molecule has 5 heteroatoms. The Kier molecular flexibility index (Phi) is 3.37. The van der Waals surface area contributed by atoms with Crippen molar-refractivity contribution in [2.45, 2.75) is 13.8 Å². The van der Waals surface area contributed by atoms with Gasteiger partial charge in [-0.1, -0.05) is 6.07 Å². The molecule has 0 unspecified atom stereocenters. The van der Waals surface area contributed by atoms with Gasteiger partial charge in [-0.3, -0.25) is 4.79 Å². The van der Waals surface area contributed by atoms with Gasteiger partial charge in [0.2, 0.25) is 5.88 Å². The van der Waals surface area contributed by atoms with E-state index >= 15 is 0 Å². The molecule has 0 radical (unpaired) electrons. The summed E-state index contributed by atoms with van der Waals surface area (Å²) in [4.78, 5) is 15.1. The lowest BCUT2D eigenvalue weighted by atomic mass is 10.1. The number of nitrogen functional groups attached to an aromatic ring is 1. The van der Waals surface area contributed by atoms with Crippen LogP contribution in [-0.4, -0.2) is 10.9 Å². The fourth-order valence-corrected chi connectivity index (χ4v) is 1.56. The molecule has 2 rings (SSSR count). The number of anilines is 1. The normalized spacial score (nSPS) is 10.2. The molecule has 0 fully saturated rings. The van der Waals surface area contributed by atoms with E-state index in [1.54, 1.807) is 6.07 Å². The molecule has 1 amide bonds. The Hall–Kier alpha value is -2.56. The number of rotatable bonds is 3. The summed E-state index contributed by atoms with van der Waals surface area (Å²) in [6, 6.07) is 8.65. The number of hydrogen-bond donors (Lipinski definition) is 2. The first kappa shape index (κ1) is 12.9. The number of benzene rings is 1. The van der Waals surface area contributed by atoms with Gasteiger partial charge >= 0.3 is 0 Å². The minimum Gasteiger partial charge on any atom is -0.437 e. The summed E-state index contributed by atoms with van der Waals surface area (Å²) in [5, 5.41) is 0. The lowest BCUT2D eigenvalue weighted by Gasteiger charge is -2.09. The van der Waals surface area contributed by atoms with Crippen molar-refractivity contribution < 1.29 is 9.53 Å². The van der Waals surface area contributed by atoms with Crippen LogP contribution < -0.4 is 16.2 Å². The first-order valence-corrected chi connectivity index (χ1v) is 5.79. The highest BCUT2D eigenvalue weighted by Gasteiger charge is 2.09. The minimum atomic E-state index is -0.620. The number of nitrogens with zero attached hydrogens (tertiary/aromatic N) is 1. The predicted molar refractivity (Wildman–Crippen MR) is 73.2 cm³/mol. The van der Waals surface area contributed by atoms with E-state index in [4.69, 9.17) is 16.2 Å². The van der Waals surface area contributed by atoms with Gasteiger partial charge in [-0.05, 0) is 49.2 Å². The van der Waals surface area contributed by atoms with Crippen LogP contribution in [0.15, 0.2) is 30.3 Å². The Balaban J connectivity index is 2.34. The molecule has 0 aliphatic heterocycles. The van der Waals surface area contributed by atoms with Gasteiger partial charge in [0.15, 0.2) is 0 Å².